The van der Waals surface area contributed by atoms with Gasteiger partial charge in [-0.15, -0.1) is 0 Å². The summed E-state index contributed by atoms with van der Waals surface area (Å²) in [4.78, 5) is 19.3. The first-order valence-electron chi connectivity index (χ1n) is 9.57. The summed E-state index contributed by atoms with van der Waals surface area (Å²) in [6.07, 6.45) is 9.18. The van der Waals surface area contributed by atoms with Crippen molar-refractivity contribution in [2.24, 2.45) is 0 Å². The molecule has 6 heteroatoms. The maximum absolute atomic E-state index is 12.9. The maximum atomic E-state index is 12.9. The van der Waals surface area contributed by atoms with Crippen LogP contribution in [0.5, 0.6) is 0 Å². The van der Waals surface area contributed by atoms with Gasteiger partial charge in [0.05, 0.1) is 5.56 Å². The van der Waals surface area contributed by atoms with Gasteiger partial charge >= 0.3 is 0 Å². The molecule has 0 radical (unpaired) electrons. The van der Waals surface area contributed by atoms with E-state index in [1.165, 1.54) is 6.42 Å². The number of likely N-dealkylation sites (tertiary alicyclic amines) is 1. The van der Waals surface area contributed by atoms with E-state index in [-0.39, 0.29) is 17.2 Å². The summed E-state index contributed by atoms with van der Waals surface area (Å²) in [5.41, 5.74) is 0.670. The van der Waals surface area contributed by atoms with Gasteiger partial charge in [0, 0.05) is 47.1 Å². The summed E-state index contributed by atoms with van der Waals surface area (Å²) in [6.45, 7) is 3.67. The summed E-state index contributed by atoms with van der Waals surface area (Å²) in [5.74, 6) is 1.49. The number of amides is 1. The van der Waals surface area contributed by atoms with Crippen LogP contribution in [-0.4, -0.2) is 50.1 Å². The summed E-state index contributed by atoms with van der Waals surface area (Å²) in [6, 6.07) is 3.95. The molecule has 0 aromatic carbocycles. The van der Waals surface area contributed by atoms with Crippen molar-refractivity contribution in [3.63, 3.8) is 0 Å². The molecule has 3 atom stereocenters. The number of pyridine rings is 1. The average molecular weight is 364 g/mol. The molecule has 2 fully saturated rings. The van der Waals surface area contributed by atoms with Crippen molar-refractivity contribution in [3.8, 4) is 0 Å². The van der Waals surface area contributed by atoms with E-state index in [9.17, 15) is 9.00 Å². The molecule has 0 bridgehead atoms. The van der Waals surface area contributed by atoms with E-state index in [1.54, 1.807) is 6.20 Å². The van der Waals surface area contributed by atoms with Crippen molar-refractivity contribution >= 4 is 22.5 Å². The number of hydrogen-bond acceptors (Lipinski definition) is 4. The van der Waals surface area contributed by atoms with Gasteiger partial charge in [-0.05, 0) is 50.7 Å². The van der Waals surface area contributed by atoms with Gasteiger partial charge in [0.25, 0.3) is 5.91 Å². The highest BCUT2D eigenvalue weighted by Gasteiger charge is 2.27. The van der Waals surface area contributed by atoms with Gasteiger partial charge < -0.3 is 10.2 Å². The molecule has 1 saturated carbocycles. The molecule has 2 heterocycles. The SMILES string of the molecule is CCS(=O)C1CCCC(Nc2ncccc2C(=O)N2CCCCC2)C1. The zero-order chi connectivity index (χ0) is 17.6. The Balaban J connectivity index is 1.70. The lowest BCUT2D eigenvalue weighted by Crippen LogP contribution is -2.37. The van der Waals surface area contributed by atoms with Crippen molar-refractivity contribution in [1.29, 1.82) is 0 Å². The molecule has 138 valence electrons. The Morgan fingerprint density at radius 3 is 2.84 bits per heavy atom. The standard InChI is InChI=1S/C19H29N3O2S/c1-2-25(24)16-9-6-8-15(14-16)21-18-17(10-7-11-20-18)19(23)22-12-4-3-5-13-22/h7,10-11,15-16H,2-6,8-9,12-14H2,1H3,(H,20,21). The summed E-state index contributed by atoms with van der Waals surface area (Å²) < 4.78 is 12.2. The van der Waals surface area contributed by atoms with Gasteiger partial charge in [0.15, 0.2) is 0 Å². The minimum atomic E-state index is -0.746. The van der Waals surface area contributed by atoms with Crippen LogP contribution < -0.4 is 5.32 Å². The molecule has 0 spiro atoms. The number of nitrogens with one attached hydrogen (secondary N) is 1. The van der Waals surface area contributed by atoms with Crippen LogP contribution in [0, 0.1) is 0 Å². The third-order valence-corrected chi connectivity index (χ3v) is 7.05. The minimum Gasteiger partial charge on any atom is -0.367 e. The van der Waals surface area contributed by atoms with E-state index < -0.39 is 10.8 Å². The minimum absolute atomic E-state index is 0.0831. The largest absolute Gasteiger partial charge is 0.367 e. The van der Waals surface area contributed by atoms with Crippen molar-refractivity contribution in [2.75, 3.05) is 24.2 Å². The van der Waals surface area contributed by atoms with E-state index in [4.69, 9.17) is 0 Å². The molecule has 1 aromatic rings. The van der Waals surface area contributed by atoms with Crippen LogP contribution in [0.15, 0.2) is 18.3 Å². The van der Waals surface area contributed by atoms with Crippen molar-refractivity contribution in [2.45, 2.75) is 63.2 Å². The maximum Gasteiger partial charge on any atom is 0.257 e. The predicted molar refractivity (Wildman–Crippen MR) is 102 cm³/mol. The van der Waals surface area contributed by atoms with Crippen LogP contribution >= 0.6 is 0 Å². The molecule has 3 rings (SSSR count). The summed E-state index contributed by atoms with van der Waals surface area (Å²) in [7, 11) is -0.746. The first kappa shape index (κ1) is 18.4. The second-order valence-electron chi connectivity index (χ2n) is 7.05. The number of nitrogens with zero attached hydrogens (tertiary/aromatic N) is 2. The van der Waals surface area contributed by atoms with Crippen LogP contribution in [0.4, 0.5) is 5.82 Å². The van der Waals surface area contributed by atoms with Gasteiger partial charge in [-0.25, -0.2) is 4.98 Å². The van der Waals surface area contributed by atoms with Crippen LogP contribution in [0.2, 0.25) is 0 Å². The van der Waals surface area contributed by atoms with Gasteiger partial charge in [0.1, 0.15) is 5.82 Å². The lowest BCUT2D eigenvalue weighted by Gasteiger charge is -2.31. The number of rotatable bonds is 5. The Morgan fingerprint density at radius 2 is 2.08 bits per heavy atom. The van der Waals surface area contributed by atoms with Gasteiger partial charge in [0.2, 0.25) is 0 Å². The van der Waals surface area contributed by atoms with E-state index in [0.717, 1.165) is 57.4 Å². The van der Waals surface area contributed by atoms with Crippen molar-refractivity contribution < 1.29 is 9.00 Å². The molecule has 1 aliphatic carbocycles. The van der Waals surface area contributed by atoms with E-state index in [1.807, 2.05) is 24.0 Å². The highest BCUT2D eigenvalue weighted by molar-refractivity contribution is 7.85. The number of carbonyl (C=O) groups is 1. The molecule has 1 aromatic heterocycles. The Labute approximate surface area is 153 Å². The Kier molecular flexibility index (Phi) is 6.45. The normalized spacial score (nSPS) is 25.4. The monoisotopic (exact) mass is 363 g/mol. The van der Waals surface area contributed by atoms with Crippen LogP contribution in [0.3, 0.4) is 0 Å². The number of aromatic nitrogens is 1. The molecular weight excluding hydrogens is 334 g/mol. The lowest BCUT2D eigenvalue weighted by atomic mass is 9.95. The highest BCUT2D eigenvalue weighted by Crippen LogP contribution is 2.27. The number of piperidine rings is 1. The molecule has 1 saturated heterocycles. The molecule has 1 amide bonds. The van der Waals surface area contributed by atoms with E-state index in [0.29, 0.717) is 11.4 Å². The average Bonchev–Trinajstić information content (AvgIpc) is 2.68. The van der Waals surface area contributed by atoms with Crippen LogP contribution in [0.1, 0.15) is 62.2 Å². The fraction of sp³-hybridized carbons (Fsp3) is 0.684. The fourth-order valence-electron chi connectivity index (χ4n) is 3.90. The van der Waals surface area contributed by atoms with Crippen molar-refractivity contribution in [1.82, 2.24) is 9.88 Å². The van der Waals surface area contributed by atoms with Gasteiger partial charge in [-0.3, -0.25) is 9.00 Å². The fourth-order valence-corrected chi connectivity index (χ4v) is 5.25. The summed E-state index contributed by atoms with van der Waals surface area (Å²) in [5, 5.41) is 3.75. The molecular formula is C19H29N3O2S. The first-order valence-corrected chi connectivity index (χ1v) is 10.9. The van der Waals surface area contributed by atoms with Crippen molar-refractivity contribution in [3.05, 3.63) is 23.9 Å². The number of hydrogen-bond donors (Lipinski definition) is 1. The molecule has 25 heavy (non-hydrogen) atoms. The first-order chi connectivity index (χ1) is 12.2. The Bertz CT molecular complexity index is 616. The molecule has 1 N–H and O–H groups in total. The second kappa shape index (κ2) is 8.79. The molecule has 1 aliphatic heterocycles. The molecule has 3 unspecified atom stereocenters. The third kappa shape index (κ3) is 4.60. The third-order valence-electron chi connectivity index (χ3n) is 5.30. The van der Waals surface area contributed by atoms with E-state index >= 15 is 0 Å². The van der Waals surface area contributed by atoms with Crippen LogP contribution in [-0.2, 0) is 10.8 Å². The zero-order valence-electron chi connectivity index (χ0n) is 15.1. The smallest absolute Gasteiger partial charge is 0.257 e. The molecule has 5 nitrogen and oxygen atoms in total. The van der Waals surface area contributed by atoms with E-state index in [2.05, 4.69) is 10.3 Å². The quantitative estimate of drug-likeness (QED) is 0.873. The Hall–Kier alpha value is -1.43. The van der Waals surface area contributed by atoms with Gasteiger partial charge in [-0.1, -0.05) is 13.3 Å². The lowest BCUT2D eigenvalue weighted by molar-refractivity contribution is 0.0725. The zero-order valence-corrected chi connectivity index (χ0v) is 15.9. The second-order valence-corrected chi connectivity index (χ2v) is 9.06. The molecule has 2 aliphatic rings. The number of carbonyl (C=O) groups excluding carboxylic acids is 1. The van der Waals surface area contributed by atoms with Crippen LogP contribution in [0.25, 0.3) is 0 Å². The summed E-state index contributed by atoms with van der Waals surface area (Å²) >= 11 is 0. The van der Waals surface area contributed by atoms with Gasteiger partial charge in [-0.2, -0.15) is 0 Å². The highest BCUT2D eigenvalue weighted by atomic mass is 32.2. The topological polar surface area (TPSA) is 62.3 Å². The number of anilines is 1. The Morgan fingerprint density at radius 1 is 1.28 bits per heavy atom. The predicted octanol–water partition coefficient (Wildman–Crippen LogP) is 3.20.